The Morgan fingerprint density at radius 1 is 1.07 bits per heavy atom. The van der Waals surface area contributed by atoms with Gasteiger partial charge in [0.25, 0.3) is 5.91 Å². The fourth-order valence-electron chi connectivity index (χ4n) is 2.96. The predicted octanol–water partition coefficient (Wildman–Crippen LogP) is 5.22. The van der Waals surface area contributed by atoms with Crippen LogP contribution < -0.4 is 19.5 Å². The van der Waals surface area contributed by atoms with E-state index >= 15 is 0 Å². The summed E-state index contributed by atoms with van der Waals surface area (Å²) in [6.07, 6.45) is 0. The number of amides is 1. The van der Waals surface area contributed by atoms with Gasteiger partial charge in [-0.25, -0.2) is 4.98 Å². The number of furan rings is 1. The van der Waals surface area contributed by atoms with Crippen molar-refractivity contribution in [2.75, 3.05) is 26.1 Å². The van der Waals surface area contributed by atoms with Crippen molar-refractivity contribution >= 4 is 33.3 Å². The molecule has 1 amide bonds. The molecular formula is C22H20N2O5S. The first-order valence-electron chi connectivity index (χ1n) is 9.26. The van der Waals surface area contributed by atoms with Gasteiger partial charge in [-0.05, 0) is 43.3 Å². The summed E-state index contributed by atoms with van der Waals surface area (Å²) in [5, 5.41) is 6.04. The Hall–Kier alpha value is -3.52. The van der Waals surface area contributed by atoms with Crippen LogP contribution in [0.25, 0.3) is 22.4 Å². The number of aromatic nitrogens is 1. The molecule has 0 radical (unpaired) electrons. The highest BCUT2D eigenvalue weighted by Gasteiger charge is 2.15. The van der Waals surface area contributed by atoms with Crippen molar-refractivity contribution in [1.82, 2.24) is 4.98 Å². The fourth-order valence-corrected chi connectivity index (χ4v) is 3.65. The molecule has 4 rings (SSSR count). The molecular weight excluding hydrogens is 404 g/mol. The molecule has 0 aliphatic carbocycles. The molecule has 0 aliphatic heterocycles. The second-order valence-corrected chi connectivity index (χ2v) is 7.19. The number of ether oxygens (including phenoxy) is 3. The van der Waals surface area contributed by atoms with Gasteiger partial charge in [0.05, 0.1) is 20.8 Å². The number of methoxy groups -OCH3 is 2. The zero-order chi connectivity index (χ0) is 21.1. The van der Waals surface area contributed by atoms with E-state index in [0.29, 0.717) is 40.3 Å². The molecule has 0 bridgehead atoms. The van der Waals surface area contributed by atoms with E-state index < -0.39 is 0 Å². The van der Waals surface area contributed by atoms with Crippen LogP contribution in [-0.4, -0.2) is 31.7 Å². The predicted molar refractivity (Wildman–Crippen MR) is 116 cm³/mol. The number of hydrogen-bond acceptors (Lipinski definition) is 7. The first-order chi connectivity index (χ1) is 14.6. The minimum absolute atomic E-state index is 0.306. The number of carbonyl (C=O) groups excluding carboxylic acids is 1. The molecule has 0 atom stereocenters. The lowest BCUT2D eigenvalue weighted by Crippen LogP contribution is -2.12. The lowest BCUT2D eigenvalue weighted by molar-refractivity contribution is 0.102. The van der Waals surface area contributed by atoms with Crippen LogP contribution in [-0.2, 0) is 0 Å². The van der Waals surface area contributed by atoms with E-state index in [4.69, 9.17) is 18.6 Å². The minimum Gasteiger partial charge on any atom is -0.497 e. The van der Waals surface area contributed by atoms with E-state index in [9.17, 15) is 4.79 Å². The number of nitrogens with one attached hydrogen (secondary N) is 1. The Bertz CT molecular complexity index is 1180. The molecule has 2 aromatic carbocycles. The molecule has 8 heteroatoms. The van der Waals surface area contributed by atoms with Crippen molar-refractivity contribution < 1.29 is 23.4 Å². The van der Waals surface area contributed by atoms with Crippen LogP contribution >= 0.6 is 11.3 Å². The number of thiazole rings is 1. The molecule has 2 heterocycles. The summed E-state index contributed by atoms with van der Waals surface area (Å²) in [7, 11) is 3.07. The van der Waals surface area contributed by atoms with E-state index in [1.165, 1.54) is 25.6 Å². The molecule has 2 aromatic heterocycles. The highest BCUT2D eigenvalue weighted by molar-refractivity contribution is 7.14. The molecule has 154 valence electrons. The Kier molecular flexibility index (Phi) is 5.58. The summed E-state index contributed by atoms with van der Waals surface area (Å²) in [6.45, 7) is 2.54. The van der Waals surface area contributed by atoms with Gasteiger partial charge in [-0.15, -0.1) is 11.3 Å². The number of nitrogens with zero attached hydrogens (tertiary/aromatic N) is 1. The lowest BCUT2D eigenvalue weighted by atomic mass is 10.2. The van der Waals surface area contributed by atoms with Crippen LogP contribution in [0.1, 0.15) is 17.3 Å². The summed E-state index contributed by atoms with van der Waals surface area (Å²) in [6, 6.07) is 12.6. The monoisotopic (exact) mass is 424 g/mol. The molecule has 4 aromatic rings. The average molecular weight is 424 g/mol. The van der Waals surface area contributed by atoms with Gasteiger partial charge in [-0.1, -0.05) is 0 Å². The van der Waals surface area contributed by atoms with Crippen molar-refractivity contribution in [3.8, 4) is 28.7 Å². The maximum Gasteiger partial charge on any atom is 0.257 e. The molecule has 0 aliphatic rings. The Morgan fingerprint density at radius 3 is 2.53 bits per heavy atom. The average Bonchev–Trinajstić information content (AvgIpc) is 3.40. The van der Waals surface area contributed by atoms with Gasteiger partial charge < -0.3 is 18.6 Å². The zero-order valence-corrected chi connectivity index (χ0v) is 17.5. The maximum atomic E-state index is 12.6. The van der Waals surface area contributed by atoms with Crippen LogP contribution in [0.4, 0.5) is 5.13 Å². The van der Waals surface area contributed by atoms with Gasteiger partial charge in [-0.2, -0.15) is 0 Å². The molecule has 0 fully saturated rings. The van der Waals surface area contributed by atoms with Crippen LogP contribution in [0.3, 0.4) is 0 Å². The Labute approximate surface area is 177 Å². The van der Waals surface area contributed by atoms with Gasteiger partial charge in [0.15, 0.2) is 10.9 Å². The second-order valence-electron chi connectivity index (χ2n) is 6.34. The number of hydrogen-bond donors (Lipinski definition) is 1. The normalized spacial score (nSPS) is 10.8. The van der Waals surface area contributed by atoms with Gasteiger partial charge in [0.2, 0.25) is 0 Å². The standard InChI is InChI=1S/C22H20N2O5S/c1-4-28-15-5-6-19-13(7-15)10-20(29-19)18-12-30-22(23-18)24-21(25)14-8-16(26-2)11-17(9-14)27-3/h5-12H,4H2,1-3H3,(H,23,24,25). The number of fused-ring (bicyclic) bond motifs is 1. The van der Waals surface area contributed by atoms with Gasteiger partial charge in [0, 0.05) is 22.4 Å². The minimum atomic E-state index is -0.306. The quantitative estimate of drug-likeness (QED) is 0.438. The highest BCUT2D eigenvalue weighted by atomic mass is 32.1. The molecule has 1 N–H and O–H groups in total. The highest BCUT2D eigenvalue weighted by Crippen LogP contribution is 2.32. The van der Waals surface area contributed by atoms with Crippen molar-refractivity contribution in [1.29, 1.82) is 0 Å². The topological polar surface area (TPSA) is 82.8 Å². The largest absolute Gasteiger partial charge is 0.497 e. The molecule has 0 saturated heterocycles. The van der Waals surface area contributed by atoms with Gasteiger partial charge in [0.1, 0.15) is 28.5 Å². The summed E-state index contributed by atoms with van der Waals surface area (Å²) >= 11 is 1.32. The summed E-state index contributed by atoms with van der Waals surface area (Å²) in [5.41, 5.74) is 1.80. The number of anilines is 1. The smallest absolute Gasteiger partial charge is 0.257 e. The maximum absolute atomic E-state index is 12.6. The molecule has 7 nitrogen and oxygen atoms in total. The third kappa shape index (κ3) is 4.08. The van der Waals surface area contributed by atoms with Crippen LogP contribution in [0, 0.1) is 0 Å². The summed E-state index contributed by atoms with van der Waals surface area (Å²) < 4.78 is 21.9. The van der Waals surface area contributed by atoms with Crippen molar-refractivity contribution in [2.24, 2.45) is 0 Å². The summed E-state index contributed by atoms with van der Waals surface area (Å²) in [4.78, 5) is 17.1. The lowest BCUT2D eigenvalue weighted by Gasteiger charge is -2.08. The van der Waals surface area contributed by atoms with Crippen LogP contribution in [0.2, 0.25) is 0 Å². The van der Waals surface area contributed by atoms with E-state index in [1.54, 1.807) is 18.2 Å². The van der Waals surface area contributed by atoms with Crippen LogP contribution in [0.15, 0.2) is 52.3 Å². The zero-order valence-electron chi connectivity index (χ0n) is 16.7. The SMILES string of the molecule is CCOc1ccc2oc(-c3csc(NC(=O)c4cc(OC)cc(OC)c4)n3)cc2c1. The van der Waals surface area contributed by atoms with E-state index in [-0.39, 0.29) is 5.91 Å². The molecule has 0 spiro atoms. The van der Waals surface area contributed by atoms with Crippen molar-refractivity contribution in [3.05, 3.63) is 53.4 Å². The Morgan fingerprint density at radius 2 is 1.83 bits per heavy atom. The Balaban J connectivity index is 1.54. The fraction of sp³-hybridized carbons (Fsp3) is 0.182. The van der Waals surface area contributed by atoms with E-state index in [1.807, 2.05) is 36.6 Å². The van der Waals surface area contributed by atoms with Gasteiger partial charge in [-0.3, -0.25) is 10.1 Å². The third-order valence-electron chi connectivity index (χ3n) is 4.39. The third-order valence-corrected chi connectivity index (χ3v) is 5.15. The second kappa shape index (κ2) is 8.46. The molecule has 0 saturated carbocycles. The van der Waals surface area contributed by atoms with Gasteiger partial charge >= 0.3 is 0 Å². The van der Waals surface area contributed by atoms with E-state index in [2.05, 4.69) is 10.3 Å². The summed E-state index contributed by atoms with van der Waals surface area (Å²) in [5.74, 6) is 2.18. The molecule has 30 heavy (non-hydrogen) atoms. The number of benzene rings is 2. The number of carbonyl (C=O) groups is 1. The van der Waals surface area contributed by atoms with Crippen molar-refractivity contribution in [2.45, 2.75) is 6.92 Å². The molecule has 0 unspecified atom stereocenters. The number of rotatable bonds is 7. The first-order valence-corrected chi connectivity index (χ1v) is 10.1. The van der Waals surface area contributed by atoms with E-state index in [0.717, 1.165) is 16.7 Å². The van der Waals surface area contributed by atoms with Crippen molar-refractivity contribution in [3.63, 3.8) is 0 Å². The van der Waals surface area contributed by atoms with Crippen LogP contribution in [0.5, 0.6) is 17.2 Å². The first kappa shape index (κ1) is 19.8.